The van der Waals surface area contributed by atoms with Gasteiger partial charge in [-0.3, -0.25) is 9.59 Å². The molecule has 1 fully saturated rings. The lowest BCUT2D eigenvalue weighted by molar-refractivity contribution is -0.122. The number of hydrogen-bond acceptors (Lipinski definition) is 3. The van der Waals surface area contributed by atoms with Crippen molar-refractivity contribution in [3.8, 4) is 0 Å². The molecule has 1 aromatic rings. The van der Waals surface area contributed by atoms with Gasteiger partial charge in [0.2, 0.25) is 5.91 Å². The maximum atomic E-state index is 11.6. The van der Waals surface area contributed by atoms with Crippen molar-refractivity contribution in [2.45, 2.75) is 12.8 Å². The van der Waals surface area contributed by atoms with Gasteiger partial charge in [0.25, 0.3) is 5.91 Å². The highest BCUT2D eigenvalue weighted by Gasteiger charge is 2.28. The van der Waals surface area contributed by atoms with Crippen LogP contribution in [0.2, 0.25) is 5.15 Å². The van der Waals surface area contributed by atoms with E-state index in [9.17, 15) is 9.59 Å². The van der Waals surface area contributed by atoms with E-state index >= 15 is 0 Å². The second-order valence-electron chi connectivity index (χ2n) is 4.17. The maximum Gasteiger partial charge on any atom is 0.270 e. The fourth-order valence-electron chi connectivity index (χ4n) is 1.48. The highest BCUT2D eigenvalue weighted by molar-refractivity contribution is 6.29. The number of carbonyl (C=O) groups excluding carboxylic acids is 2. The van der Waals surface area contributed by atoms with Gasteiger partial charge in [-0.15, -0.1) is 0 Å². The second kappa shape index (κ2) is 5.82. The fraction of sp³-hybridized carbons (Fsp3) is 0.417. The third kappa shape index (κ3) is 3.70. The normalized spacial score (nSPS) is 14.1. The Kier molecular flexibility index (Phi) is 4.15. The van der Waals surface area contributed by atoms with E-state index in [1.807, 2.05) is 0 Å². The van der Waals surface area contributed by atoms with Crippen LogP contribution in [0.4, 0.5) is 0 Å². The van der Waals surface area contributed by atoms with Crippen molar-refractivity contribution in [3.05, 3.63) is 29.0 Å². The zero-order valence-electron chi connectivity index (χ0n) is 9.78. The van der Waals surface area contributed by atoms with Crippen LogP contribution in [0.15, 0.2) is 18.2 Å². The molecule has 2 amide bonds. The fourth-order valence-corrected chi connectivity index (χ4v) is 1.64. The Hall–Kier alpha value is -1.62. The zero-order chi connectivity index (χ0) is 13.0. The first-order valence-corrected chi connectivity index (χ1v) is 6.23. The van der Waals surface area contributed by atoms with Gasteiger partial charge in [0, 0.05) is 19.0 Å². The molecule has 0 bridgehead atoms. The van der Waals surface area contributed by atoms with Crippen molar-refractivity contribution in [1.29, 1.82) is 0 Å². The van der Waals surface area contributed by atoms with Gasteiger partial charge in [0.15, 0.2) is 0 Å². The Bertz CT molecular complexity index is 460. The summed E-state index contributed by atoms with van der Waals surface area (Å²) < 4.78 is 0. The standard InChI is InChI=1S/C12H14ClN3O2/c13-10-3-1-2-9(16-10)12(18)15-7-6-14-11(17)8-4-5-8/h1-3,8H,4-7H2,(H,14,17)(H,15,18). The molecule has 2 rings (SSSR count). The topological polar surface area (TPSA) is 71.1 Å². The molecule has 0 atom stereocenters. The average molecular weight is 268 g/mol. The predicted octanol–water partition coefficient (Wildman–Crippen LogP) is 0.991. The molecule has 1 saturated carbocycles. The molecule has 0 radical (unpaired) electrons. The molecule has 1 aliphatic rings. The Balaban J connectivity index is 1.69. The van der Waals surface area contributed by atoms with Crippen molar-refractivity contribution in [2.75, 3.05) is 13.1 Å². The van der Waals surface area contributed by atoms with Crippen molar-refractivity contribution in [1.82, 2.24) is 15.6 Å². The molecule has 0 unspecified atom stereocenters. The van der Waals surface area contributed by atoms with E-state index in [4.69, 9.17) is 11.6 Å². The van der Waals surface area contributed by atoms with Crippen LogP contribution in [-0.2, 0) is 4.79 Å². The van der Waals surface area contributed by atoms with Crippen LogP contribution in [0.3, 0.4) is 0 Å². The van der Waals surface area contributed by atoms with Crippen molar-refractivity contribution in [2.24, 2.45) is 5.92 Å². The average Bonchev–Trinajstić information content (AvgIpc) is 3.18. The molecule has 1 heterocycles. The first-order valence-electron chi connectivity index (χ1n) is 5.85. The van der Waals surface area contributed by atoms with Gasteiger partial charge in [0.1, 0.15) is 10.8 Å². The highest BCUT2D eigenvalue weighted by Crippen LogP contribution is 2.28. The van der Waals surface area contributed by atoms with E-state index in [1.165, 1.54) is 0 Å². The van der Waals surface area contributed by atoms with Gasteiger partial charge in [-0.05, 0) is 25.0 Å². The summed E-state index contributed by atoms with van der Waals surface area (Å²) in [6.07, 6.45) is 1.95. The smallest absolute Gasteiger partial charge is 0.270 e. The number of halogens is 1. The third-order valence-corrected chi connectivity index (χ3v) is 2.82. The molecule has 0 spiro atoms. The largest absolute Gasteiger partial charge is 0.354 e. The minimum Gasteiger partial charge on any atom is -0.354 e. The van der Waals surface area contributed by atoms with Crippen molar-refractivity contribution >= 4 is 23.4 Å². The van der Waals surface area contributed by atoms with Crippen LogP contribution in [0, 0.1) is 5.92 Å². The molecule has 18 heavy (non-hydrogen) atoms. The lowest BCUT2D eigenvalue weighted by Crippen LogP contribution is -2.35. The van der Waals surface area contributed by atoms with Crippen LogP contribution >= 0.6 is 11.6 Å². The molecule has 0 aromatic carbocycles. The summed E-state index contributed by atoms with van der Waals surface area (Å²) >= 11 is 5.69. The first-order chi connectivity index (χ1) is 8.66. The molecule has 96 valence electrons. The summed E-state index contributed by atoms with van der Waals surface area (Å²) in [6.45, 7) is 0.813. The van der Waals surface area contributed by atoms with Crippen LogP contribution < -0.4 is 10.6 Å². The van der Waals surface area contributed by atoms with Gasteiger partial charge in [-0.2, -0.15) is 0 Å². The minimum absolute atomic E-state index is 0.0742. The van der Waals surface area contributed by atoms with Crippen molar-refractivity contribution in [3.63, 3.8) is 0 Å². The van der Waals surface area contributed by atoms with E-state index in [-0.39, 0.29) is 28.6 Å². The van der Waals surface area contributed by atoms with Crippen molar-refractivity contribution < 1.29 is 9.59 Å². The van der Waals surface area contributed by atoms with E-state index in [2.05, 4.69) is 15.6 Å². The van der Waals surface area contributed by atoms with Gasteiger partial charge in [-0.25, -0.2) is 4.98 Å². The van der Waals surface area contributed by atoms with E-state index < -0.39 is 0 Å². The Morgan fingerprint density at radius 3 is 2.67 bits per heavy atom. The quantitative estimate of drug-likeness (QED) is 0.617. The van der Waals surface area contributed by atoms with Crippen LogP contribution in [0.1, 0.15) is 23.3 Å². The summed E-state index contributed by atoms with van der Waals surface area (Å²) in [6, 6.07) is 4.86. The number of hydrogen-bond donors (Lipinski definition) is 2. The van der Waals surface area contributed by atoms with Gasteiger partial charge in [-0.1, -0.05) is 17.7 Å². The minimum atomic E-state index is -0.293. The van der Waals surface area contributed by atoms with E-state index in [0.717, 1.165) is 12.8 Å². The van der Waals surface area contributed by atoms with E-state index in [0.29, 0.717) is 13.1 Å². The number of pyridine rings is 1. The van der Waals surface area contributed by atoms with E-state index in [1.54, 1.807) is 18.2 Å². The molecule has 0 aliphatic heterocycles. The van der Waals surface area contributed by atoms with Gasteiger partial charge in [0.05, 0.1) is 0 Å². The summed E-state index contributed by atoms with van der Waals surface area (Å²) in [5.74, 6) is -0.0291. The molecule has 1 aromatic heterocycles. The van der Waals surface area contributed by atoms with Gasteiger partial charge >= 0.3 is 0 Å². The molecular weight excluding hydrogens is 254 g/mol. The number of amides is 2. The third-order valence-electron chi connectivity index (χ3n) is 2.61. The molecule has 0 saturated heterocycles. The Morgan fingerprint density at radius 2 is 2.00 bits per heavy atom. The van der Waals surface area contributed by atoms with Crippen LogP contribution in [-0.4, -0.2) is 29.9 Å². The lowest BCUT2D eigenvalue weighted by Gasteiger charge is -2.06. The predicted molar refractivity (Wildman–Crippen MR) is 67.3 cm³/mol. The number of nitrogens with zero attached hydrogens (tertiary/aromatic N) is 1. The molecule has 6 heteroatoms. The Morgan fingerprint density at radius 1 is 1.28 bits per heavy atom. The Labute approximate surface area is 110 Å². The monoisotopic (exact) mass is 267 g/mol. The number of carbonyl (C=O) groups is 2. The zero-order valence-corrected chi connectivity index (χ0v) is 10.5. The summed E-state index contributed by atoms with van der Waals surface area (Å²) in [5, 5.41) is 5.71. The molecular formula is C12H14ClN3O2. The molecule has 2 N–H and O–H groups in total. The summed E-state index contributed by atoms with van der Waals surface area (Å²) in [4.78, 5) is 26.8. The summed E-state index contributed by atoms with van der Waals surface area (Å²) in [5.41, 5.74) is 0.274. The first kappa shape index (κ1) is 12.8. The number of rotatable bonds is 5. The number of nitrogens with one attached hydrogen (secondary N) is 2. The second-order valence-corrected chi connectivity index (χ2v) is 4.55. The van der Waals surface area contributed by atoms with Gasteiger partial charge < -0.3 is 10.6 Å². The van der Waals surface area contributed by atoms with Crippen LogP contribution in [0.5, 0.6) is 0 Å². The maximum absolute atomic E-state index is 11.6. The lowest BCUT2D eigenvalue weighted by atomic mass is 10.3. The highest BCUT2D eigenvalue weighted by atomic mass is 35.5. The number of aromatic nitrogens is 1. The van der Waals surface area contributed by atoms with Crippen LogP contribution in [0.25, 0.3) is 0 Å². The molecule has 5 nitrogen and oxygen atoms in total. The summed E-state index contributed by atoms with van der Waals surface area (Å²) in [7, 11) is 0. The SMILES string of the molecule is O=C(NCCNC(=O)C1CC1)c1cccc(Cl)n1. The molecule has 1 aliphatic carbocycles.